The number of amides is 2. The second kappa shape index (κ2) is 10.8. The van der Waals surface area contributed by atoms with Crippen molar-refractivity contribution in [1.29, 1.82) is 0 Å². The molecule has 2 aromatic carbocycles. The molecule has 0 atom stereocenters. The summed E-state index contributed by atoms with van der Waals surface area (Å²) < 4.78 is 31.8. The highest BCUT2D eigenvalue weighted by atomic mass is 19.1. The van der Waals surface area contributed by atoms with E-state index in [1.165, 1.54) is 5.56 Å². The number of rotatable bonds is 8. The minimum atomic E-state index is -0.915. The molecule has 2 amide bonds. The number of halogens is 2. The number of nitrogens with zero attached hydrogens (tertiary/aromatic N) is 1. The van der Waals surface area contributed by atoms with Gasteiger partial charge in [0, 0.05) is 44.4 Å². The molecule has 6 nitrogen and oxygen atoms in total. The number of benzene rings is 2. The van der Waals surface area contributed by atoms with Crippen molar-refractivity contribution < 1.29 is 23.1 Å². The zero-order valence-corrected chi connectivity index (χ0v) is 16.6. The molecule has 160 valence electrons. The Hall–Kier alpha value is -2.84. The number of morpholine rings is 1. The molecule has 1 aliphatic rings. The molecule has 8 heteroatoms. The van der Waals surface area contributed by atoms with Crippen LogP contribution < -0.4 is 10.6 Å². The van der Waals surface area contributed by atoms with E-state index in [4.69, 9.17) is 4.74 Å². The smallest absolute Gasteiger partial charge is 0.254 e. The molecular weight excluding hydrogens is 392 g/mol. The van der Waals surface area contributed by atoms with E-state index >= 15 is 0 Å². The first kappa shape index (κ1) is 21.9. The van der Waals surface area contributed by atoms with E-state index in [1.54, 1.807) is 0 Å². The molecule has 0 unspecified atom stereocenters. The van der Waals surface area contributed by atoms with Crippen LogP contribution in [0.15, 0.2) is 42.5 Å². The van der Waals surface area contributed by atoms with Crippen molar-refractivity contribution in [1.82, 2.24) is 10.2 Å². The summed E-state index contributed by atoms with van der Waals surface area (Å²) in [6.45, 7) is 4.42. The number of ether oxygens (including phenoxy) is 1. The molecule has 1 aliphatic heterocycles. The summed E-state index contributed by atoms with van der Waals surface area (Å²) in [5, 5.41) is 5.35. The number of hydrogen-bond acceptors (Lipinski definition) is 4. The molecule has 0 aromatic heterocycles. The van der Waals surface area contributed by atoms with Gasteiger partial charge in [-0.25, -0.2) is 8.78 Å². The molecule has 2 N–H and O–H groups in total. The van der Waals surface area contributed by atoms with Crippen molar-refractivity contribution >= 4 is 17.5 Å². The average Bonchev–Trinajstić information content (AvgIpc) is 2.73. The fourth-order valence-corrected chi connectivity index (χ4v) is 3.15. The van der Waals surface area contributed by atoms with Gasteiger partial charge in [-0.15, -0.1) is 0 Å². The van der Waals surface area contributed by atoms with Crippen molar-refractivity contribution in [2.45, 2.75) is 19.4 Å². The molecule has 0 saturated carbocycles. The van der Waals surface area contributed by atoms with E-state index in [9.17, 15) is 18.4 Å². The maximum absolute atomic E-state index is 13.6. The molecule has 3 rings (SSSR count). The van der Waals surface area contributed by atoms with E-state index in [0.29, 0.717) is 18.2 Å². The van der Waals surface area contributed by atoms with Gasteiger partial charge >= 0.3 is 0 Å². The van der Waals surface area contributed by atoms with Crippen LogP contribution in [-0.4, -0.2) is 49.6 Å². The van der Waals surface area contributed by atoms with Gasteiger partial charge in [-0.2, -0.15) is 0 Å². The molecule has 2 aromatic rings. The van der Waals surface area contributed by atoms with Gasteiger partial charge in [0.2, 0.25) is 5.91 Å². The summed E-state index contributed by atoms with van der Waals surface area (Å²) in [5.74, 6) is -2.46. The van der Waals surface area contributed by atoms with Crippen LogP contribution in [0.3, 0.4) is 0 Å². The highest BCUT2D eigenvalue weighted by molar-refractivity contribution is 5.94. The van der Waals surface area contributed by atoms with Crippen LogP contribution in [-0.2, 0) is 16.1 Å². The molecule has 1 heterocycles. The Bertz CT molecular complexity index is 868. The third-order valence-corrected chi connectivity index (χ3v) is 4.79. The molecule has 1 fully saturated rings. The van der Waals surface area contributed by atoms with E-state index in [1.807, 2.05) is 24.3 Å². The van der Waals surface area contributed by atoms with E-state index < -0.39 is 17.5 Å². The lowest BCUT2D eigenvalue weighted by Gasteiger charge is -2.26. The fraction of sp³-hybridized carbons (Fsp3) is 0.364. The van der Waals surface area contributed by atoms with Crippen LogP contribution in [0.4, 0.5) is 14.5 Å². The number of anilines is 1. The average molecular weight is 417 g/mol. The summed E-state index contributed by atoms with van der Waals surface area (Å²) in [6.07, 6.45) is 0.608. The second-order valence-electron chi connectivity index (χ2n) is 7.12. The van der Waals surface area contributed by atoms with Crippen molar-refractivity contribution in [3.8, 4) is 0 Å². The highest BCUT2D eigenvalue weighted by Gasteiger charge is 2.13. The first-order valence-electron chi connectivity index (χ1n) is 9.93. The minimum absolute atomic E-state index is 0.168. The predicted octanol–water partition coefficient (Wildman–Crippen LogP) is 2.95. The van der Waals surface area contributed by atoms with Gasteiger partial charge in [0.15, 0.2) is 0 Å². The lowest BCUT2D eigenvalue weighted by Crippen LogP contribution is -2.35. The van der Waals surface area contributed by atoms with Crippen molar-refractivity contribution in [3.05, 3.63) is 65.2 Å². The zero-order valence-electron chi connectivity index (χ0n) is 16.6. The largest absolute Gasteiger partial charge is 0.379 e. The Kier molecular flexibility index (Phi) is 7.87. The molecular formula is C22H25F2N3O3. The van der Waals surface area contributed by atoms with E-state index in [-0.39, 0.29) is 24.4 Å². The Morgan fingerprint density at radius 1 is 1.03 bits per heavy atom. The van der Waals surface area contributed by atoms with Gasteiger partial charge in [0.05, 0.1) is 18.8 Å². The number of hydrogen-bond donors (Lipinski definition) is 2. The molecule has 0 aliphatic carbocycles. The number of nitrogens with one attached hydrogen (secondary N) is 2. The molecule has 30 heavy (non-hydrogen) atoms. The van der Waals surface area contributed by atoms with Crippen LogP contribution in [0.1, 0.15) is 28.8 Å². The second-order valence-corrected chi connectivity index (χ2v) is 7.12. The van der Waals surface area contributed by atoms with Crippen LogP contribution >= 0.6 is 0 Å². The van der Waals surface area contributed by atoms with Crippen LogP contribution in [0.2, 0.25) is 0 Å². The first-order valence-corrected chi connectivity index (χ1v) is 9.93. The Morgan fingerprint density at radius 3 is 2.47 bits per heavy atom. The fourth-order valence-electron chi connectivity index (χ4n) is 3.15. The van der Waals surface area contributed by atoms with Crippen LogP contribution in [0.5, 0.6) is 0 Å². The van der Waals surface area contributed by atoms with Crippen molar-refractivity contribution in [3.63, 3.8) is 0 Å². The number of carbonyl (C=O) groups is 2. The monoisotopic (exact) mass is 417 g/mol. The third-order valence-electron chi connectivity index (χ3n) is 4.79. The Labute approximate surface area is 174 Å². The summed E-state index contributed by atoms with van der Waals surface area (Å²) in [6, 6.07) is 10.5. The van der Waals surface area contributed by atoms with E-state index in [2.05, 4.69) is 15.5 Å². The first-order chi connectivity index (χ1) is 14.5. The van der Waals surface area contributed by atoms with Gasteiger partial charge < -0.3 is 15.4 Å². The normalized spacial score (nSPS) is 14.3. The molecule has 0 bridgehead atoms. The van der Waals surface area contributed by atoms with Gasteiger partial charge in [-0.05, 0) is 36.2 Å². The van der Waals surface area contributed by atoms with Crippen molar-refractivity contribution in [2.75, 3.05) is 38.2 Å². The SMILES string of the molecule is O=C(CCCNC(=O)c1ccc(F)cc1F)Nc1ccc(CN2CCOCC2)cc1. The lowest BCUT2D eigenvalue weighted by atomic mass is 10.1. The van der Waals surface area contributed by atoms with Crippen molar-refractivity contribution in [2.24, 2.45) is 0 Å². The number of carbonyl (C=O) groups excluding carboxylic acids is 2. The predicted molar refractivity (Wildman–Crippen MR) is 109 cm³/mol. The lowest BCUT2D eigenvalue weighted by molar-refractivity contribution is -0.116. The third kappa shape index (κ3) is 6.60. The van der Waals surface area contributed by atoms with Gasteiger partial charge in [-0.3, -0.25) is 14.5 Å². The summed E-state index contributed by atoms with van der Waals surface area (Å²) in [4.78, 5) is 26.3. The quantitative estimate of drug-likeness (QED) is 0.648. The highest BCUT2D eigenvalue weighted by Crippen LogP contribution is 2.13. The Balaban J connectivity index is 1.36. The zero-order chi connectivity index (χ0) is 21.3. The minimum Gasteiger partial charge on any atom is -0.379 e. The molecule has 0 radical (unpaired) electrons. The summed E-state index contributed by atoms with van der Waals surface area (Å²) in [5.41, 5.74) is 1.66. The summed E-state index contributed by atoms with van der Waals surface area (Å²) >= 11 is 0. The standard InChI is InChI=1S/C22H25F2N3O3/c23-17-5-8-19(20(24)14-17)22(29)25-9-1-2-21(28)26-18-6-3-16(4-7-18)15-27-10-12-30-13-11-27/h3-8,14H,1-2,9-13,15H2,(H,25,29)(H,26,28). The van der Waals surface area contributed by atoms with Gasteiger partial charge in [0.1, 0.15) is 11.6 Å². The maximum Gasteiger partial charge on any atom is 0.254 e. The Morgan fingerprint density at radius 2 is 1.77 bits per heavy atom. The molecule has 0 spiro atoms. The topological polar surface area (TPSA) is 70.7 Å². The van der Waals surface area contributed by atoms with Gasteiger partial charge in [-0.1, -0.05) is 12.1 Å². The van der Waals surface area contributed by atoms with E-state index in [0.717, 1.165) is 45.0 Å². The van der Waals surface area contributed by atoms with Crippen LogP contribution in [0, 0.1) is 11.6 Å². The van der Waals surface area contributed by atoms with Crippen LogP contribution in [0.25, 0.3) is 0 Å². The van der Waals surface area contributed by atoms with Gasteiger partial charge in [0.25, 0.3) is 5.91 Å². The summed E-state index contributed by atoms with van der Waals surface area (Å²) in [7, 11) is 0. The maximum atomic E-state index is 13.6. The molecule has 1 saturated heterocycles.